The lowest BCUT2D eigenvalue weighted by molar-refractivity contribution is 0.244. The quantitative estimate of drug-likeness (QED) is 0.756. The van der Waals surface area contributed by atoms with Crippen molar-refractivity contribution < 1.29 is 9.47 Å². The summed E-state index contributed by atoms with van der Waals surface area (Å²) in [5.74, 6) is 1.87. The van der Waals surface area contributed by atoms with Crippen molar-refractivity contribution in [2.24, 2.45) is 5.41 Å². The van der Waals surface area contributed by atoms with Crippen molar-refractivity contribution in [1.29, 1.82) is 0 Å². The van der Waals surface area contributed by atoms with Crippen LogP contribution in [-0.2, 0) is 5.41 Å². The van der Waals surface area contributed by atoms with Crippen LogP contribution < -0.4 is 9.47 Å². The lowest BCUT2D eigenvalue weighted by Gasteiger charge is -2.39. The fourth-order valence-electron chi connectivity index (χ4n) is 2.94. The highest BCUT2D eigenvalue weighted by Gasteiger charge is 2.44. The van der Waals surface area contributed by atoms with E-state index in [9.17, 15) is 0 Å². The van der Waals surface area contributed by atoms with Crippen molar-refractivity contribution in [1.82, 2.24) is 0 Å². The van der Waals surface area contributed by atoms with Crippen LogP contribution in [0.15, 0.2) is 24.3 Å². The highest BCUT2D eigenvalue weighted by Crippen LogP contribution is 2.52. The molecule has 2 rings (SSSR count). The van der Waals surface area contributed by atoms with Crippen LogP contribution in [0.25, 0.3) is 0 Å². The summed E-state index contributed by atoms with van der Waals surface area (Å²) in [7, 11) is 3.45. The highest BCUT2D eigenvalue weighted by molar-refractivity contribution is 5.52. The molecule has 104 valence electrons. The van der Waals surface area contributed by atoms with Crippen molar-refractivity contribution in [3.63, 3.8) is 0 Å². The molecule has 0 N–H and O–H groups in total. The molecule has 1 atom stereocenters. The molecule has 0 heterocycles. The fraction of sp³-hybridized carbons (Fsp3) is 0.529. The topological polar surface area (TPSA) is 18.5 Å². The monoisotopic (exact) mass is 260 g/mol. The second kappa shape index (κ2) is 4.59. The predicted octanol–water partition coefficient (Wildman–Crippen LogP) is 4.26. The lowest BCUT2D eigenvalue weighted by Crippen LogP contribution is -2.34. The van der Waals surface area contributed by atoms with Gasteiger partial charge < -0.3 is 9.47 Å². The van der Waals surface area contributed by atoms with Gasteiger partial charge in [0, 0.05) is 11.0 Å². The number of methoxy groups -OCH3 is 2. The summed E-state index contributed by atoms with van der Waals surface area (Å²) in [4.78, 5) is 0. The van der Waals surface area contributed by atoms with Gasteiger partial charge in [-0.15, -0.1) is 0 Å². The summed E-state index contributed by atoms with van der Waals surface area (Å²) in [6, 6.07) is 4.20. The number of benzene rings is 1. The first kappa shape index (κ1) is 14.0. The molecule has 0 saturated carbocycles. The van der Waals surface area contributed by atoms with Crippen LogP contribution in [-0.4, -0.2) is 14.2 Å². The molecule has 1 aliphatic carbocycles. The Morgan fingerprint density at radius 1 is 1.00 bits per heavy atom. The molecule has 19 heavy (non-hydrogen) atoms. The van der Waals surface area contributed by atoms with E-state index in [0.29, 0.717) is 0 Å². The average Bonchev–Trinajstić information content (AvgIpc) is 2.64. The van der Waals surface area contributed by atoms with Crippen LogP contribution in [0.3, 0.4) is 0 Å². The Kier molecular flexibility index (Phi) is 3.38. The maximum absolute atomic E-state index is 5.61. The Morgan fingerprint density at radius 2 is 1.63 bits per heavy atom. The summed E-state index contributed by atoms with van der Waals surface area (Å²) in [6.45, 7) is 8.93. The lowest BCUT2D eigenvalue weighted by atomic mass is 9.65. The average molecular weight is 260 g/mol. The molecule has 0 amide bonds. The van der Waals surface area contributed by atoms with Gasteiger partial charge in [-0.05, 0) is 36.5 Å². The summed E-state index contributed by atoms with van der Waals surface area (Å²) >= 11 is 0. The zero-order valence-corrected chi connectivity index (χ0v) is 12.8. The van der Waals surface area contributed by atoms with Crippen molar-refractivity contribution in [3.8, 4) is 11.5 Å². The van der Waals surface area contributed by atoms with Crippen LogP contribution >= 0.6 is 0 Å². The third-order valence-corrected chi connectivity index (χ3v) is 4.76. The third kappa shape index (κ3) is 2.03. The van der Waals surface area contributed by atoms with E-state index < -0.39 is 0 Å². The standard InChI is InChI=1S/C17H24O2/c1-12-10-15(19-6)13(11-14(12)18-5)17(4)9-7-8-16(17,2)3/h7,9-11H,8H2,1-6H3/t17-/m0/s1. The molecule has 0 aliphatic heterocycles. The Morgan fingerprint density at radius 3 is 2.11 bits per heavy atom. The second-order valence-corrected chi connectivity index (χ2v) is 6.21. The maximum atomic E-state index is 5.61. The number of rotatable bonds is 3. The molecule has 2 nitrogen and oxygen atoms in total. The van der Waals surface area contributed by atoms with E-state index >= 15 is 0 Å². The number of ether oxygens (including phenoxy) is 2. The second-order valence-electron chi connectivity index (χ2n) is 6.21. The van der Waals surface area contributed by atoms with Gasteiger partial charge in [0.1, 0.15) is 11.5 Å². The Balaban J connectivity index is 2.64. The van der Waals surface area contributed by atoms with Gasteiger partial charge in [-0.1, -0.05) is 32.9 Å². The van der Waals surface area contributed by atoms with Gasteiger partial charge >= 0.3 is 0 Å². The molecule has 0 bridgehead atoms. The van der Waals surface area contributed by atoms with E-state index in [-0.39, 0.29) is 10.8 Å². The highest BCUT2D eigenvalue weighted by atomic mass is 16.5. The predicted molar refractivity (Wildman–Crippen MR) is 79.2 cm³/mol. The molecule has 0 saturated heterocycles. The smallest absolute Gasteiger partial charge is 0.123 e. The number of allylic oxidation sites excluding steroid dienone is 2. The summed E-state index contributed by atoms with van der Waals surface area (Å²) in [6.07, 6.45) is 5.66. The van der Waals surface area contributed by atoms with Crippen molar-refractivity contribution in [3.05, 3.63) is 35.4 Å². The van der Waals surface area contributed by atoms with Gasteiger partial charge in [-0.25, -0.2) is 0 Å². The summed E-state index contributed by atoms with van der Waals surface area (Å²) in [5, 5.41) is 0. The molecule has 0 aromatic heterocycles. The van der Waals surface area contributed by atoms with Gasteiger partial charge in [0.05, 0.1) is 14.2 Å². The molecule has 1 aromatic rings. The summed E-state index contributed by atoms with van der Waals surface area (Å²) < 4.78 is 11.1. The van der Waals surface area contributed by atoms with Crippen LogP contribution in [0.4, 0.5) is 0 Å². The Labute approximate surface area is 116 Å². The molecular weight excluding hydrogens is 236 g/mol. The van der Waals surface area contributed by atoms with E-state index in [0.717, 1.165) is 23.5 Å². The molecule has 1 aromatic carbocycles. The minimum atomic E-state index is -0.0284. The Bertz CT molecular complexity index is 514. The normalized spacial score (nSPS) is 24.5. The van der Waals surface area contributed by atoms with Gasteiger partial charge in [0.25, 0.3) is 0 Å². The SMILES string of the molecule is COc1cc([C@]2(C)C=CCC2(C)C)c(OC)cc1C. The van der Waals surface area contributed by atoms with Gasteiger partial charge in [0.2, 0.25) is 0 Å². The maximum Gasteiger partial charge on any atom is 0.123 e. The fourth-order valence-corrected chi connectivity index (χ4v) is 2.94. The van der Waals surface area contributed by atoms with Crippen LogP contribution in [0.5, 0.6) is 11.5 Å². The van der Waals surface area contributed by atoms with E-state index in [1.54, 1.807) is 14.2 Å². The number of hydrogen-bond acceptors (Lipinski definition) is 2. The van der Waals surface area contributed by atoms with E-state index in [4.69, 9.17) is 9.47 Å². The molecule has 2 heteroatoms. The van der Waals surface area contributed by atoms with Crippen LogP contribution in [0.1, 0.15) is 38.3 Å². The van der Waals surface area contributed by atoms with Crippen molar-refractivity contribution >= 4 is 0 Å². The van der Waals surface area contributed by atoms with E-state index in [1.807, 2.05) is 6.92 Å². The van der Waals surface area contributed by atoms with Crippen molar-refractivity contribution in [2.75, 3.05) is 14.2 Å². The largest absolute Gasteiger partial charge is 0.496 e. The molecule has 0 unspecified atom stereocenters. The zero-order valence-electron chi connectivity index (χ0n) is 12.8. The molecule has 1 aliphatic rings. The third-order valence-electron chi connectivity index (χ3n) is 4.76. The molecule has 0 radical (unpaired) electrons. The number of hydrogen-bond donors (Lipinski definition) is 0. The minimum absolute atomic E-state index is 0.0284. The van der Waals surface area contributed by atoms with Gasteiger partial charge in [-0.2, -0.15) is 0 Å². The molecule has 0 spiro atoms. The van der Waals surface area contributed by atoms with Gasteiger partial charge in [-0.3, -0.25) is 0 Å². The molecular formula is C17H24O2. The van der Waals surface area contributed by atoms with Crippen LogP contribution in [0.2, 0.25) is 0 Å². The van der Waals surface area contributed by atoms with Gasteiger partial charge in [0.15, 0.2) is 0 Å². The van der Waals surface area contributed by atoms with Crippen molar-refractivity contribution in [2.45, 2.75) is 39.5 Å². The Hall–Kier alpha value is -1.44. The zero-order chi connectivity index (χ0) is 14.3. The molecule has 0 fully saturated rings. The first-order chi connectivity index (χ1) is 8.85. The minimum Gasteiger partial charge on any atom is -0.496 e. The number of aryl methyl sites for hydroxylation is 1. The first-order valence-electron chi connectivity index (χ1n) is 6.76. The van der Waals surface area contributed by atoms with Crippen LogP contribution in [0, 0.1) is 12.3 Å². The van der Waals surface area contributed by atoms with E-state index in [2.05, 4.69) is 45.1 Å². The first-order valence-corrected chi connectivity index (χ1v) is 6.76. The van der Waals surface area contributed by atoms with E-state index in [1.165, 1.54) is 5.56 Å². The summed E-state index contributed by atoms with van der Waals surface area (Å²) in [5.41, 5.74) is 2.46.